The monoisotopic (exact) mass is 571 g/mol. The van der Waals surface area contributed by atoms with E-state index in [4.69, 9.17) is 9.47 Å². The van der Waals surface area contributed by atoms with Crippen LogP contribution < -0.4 is 10.1 Å². The molecular formula is C31H30ClN5O4. The first-order valence-corrected chi connectivity index (χ1v) is 13.1. The Bertz CT molecular complexity index is 1860. The topological polar surface area (TPSA) is 125 Å². The normalized spacial score (nSPS) is 11.2. The SMILES string of the molecule is COCCOc1ccc2c(-c3c(O)[nH]c4ccc(C(=O)NCCc5c[nH]c6ccc(C)cc56)cc34)ncnc2c1.Cl. The molecule has 0 saturated carbocycles. The zero-order chi connectivity index (χ0) is 27.6. The van der Waals surface area contributed by atoms with Crippen LogP contribution in [0, 0.1) is 6.92 Å². The summed E-state index contributed by atoms with van der Waals surface area (Å²) in [5.41, 5.74) is 6.39. The molecule has 3 aromatic heterocycles. The second-order valence-electron chi connectivity index (χ2n) is 9.72. The zero-order valence-corrected chi connectivity index (χ0v) is 23.5. The minimum atomic E-state index is -0.185. The first-order valence-electron chi connectivity index (χ1n) is 13.1. The second kappa shape index (κ2) is 11.9. The average molecular weight is 572 g/mol. The van der Waals surface area contributed by atoms with Crippen LogP contribution >= 0.6 is 12.4 Å². The van der Waals surface area contributed by atoms with Gasteiger partial charge in [0.05, 0.1) is 23.4 Å². The number of H-pyrrole nitrogens is 2. The van der Waals surface area contributed by atoms with E-state index in [1.807, 2.05) is 24.4 Å². The summed E-state index contributed by atoms with van der Waals surface area (Å²) in [7, 11) is 1.62. The van der Waals surface area contributed by atoms with Crippen LogP contribution in [0.15, 0.2) is 67.1 Å². The lowest BCUT2D eigenvalue weighted by Gasteiger charge is -2.09. The third-order valence-corrected chi connectivity index (χ3v) is 7.04. The maximum Gasteiger partial charge on any atom is 0.251 e. The number of fused-ring (bicyclic) bond motifs is 3. The Labute approximate surface area is 242 Å². The van der Waals surface area contributed by atoms with Gasteiger partial charge >= 0.3 is 0 Å². The van der Waals surface area contributed by atoms with Gasteiger partial charge < -0.3 is 29.9 Å². The molecule has 0 radical (unpaired) electrons. The molecule has 6 aromatic rings. The highest BCUT2D eigenvalue weighted by atomic mass is 35.5. The standard InChI is InChI=1S/C31H29N5O4.ClH/c1-18-3-7-25-23(13-18)20(16-33-25)9-10-32-30(37)19-4-8-26-24(14-19)28(31(38)36-26)29-22-6-5-21(40-12-11-39-2)15-27(22)34-17-35-29;/h3-8,13-17,33,36,38H,9-12H2,1-2H3,(H,32,37);1H. The fourth-order valence-electron chi connectivity index (χ4n) is 5.04. The van der Waals surface area contributed by atoms with Crippen molar-refractivity contribution in [3.63, 3.8) is 0 Å². The van der Waals surface area contributed by atoms with E-state index >= 15 is 0 Å². The number of aromatic hydroxyl groups is 1. The highest BCUT2D eigenvalue weighted by Crippen LogP contribution is 2.39. The van der Waals surface area contributed by atoms with Crippen molar-refractivity contribution in [1.82, 2.24) is 25.3 Å². The summed E-state index contributed by atoms with van der Waals surface area (Å²) in [5.74, 6) is 0.455. The van der Waals surface area contributed by atoms with E-state index in [0.717, 1.165) is 16.5 Å². The predicted octanol–water partition coefficient (Wildman–Crippen LogP) is 5.69. The number of nitrogens with one attached hydrogen (secondary N) is 3. The number of nitrogens with zero attached hydrogens (tertiary/aromatic N) is 2. The average Bonchev–Trinajstić information content (AvgIpc) is 3.51. The fourth-order valence-corrected chi connectivity index (χ4v) is 5.04. The van der Waals surface area contributed by atoms with Crippen LogP contribution in [0.4, 0.5) is 0 Å². The van der Waals surface area contributed by atoms with Gasteiger partial charge in [-0.2, -0.15) is 0 Å². The van der Waals surface area contributed by atoms with E-state index < -0.39 is 0 Å². The number of aromatic amines is 2. The van der Waals surface area contributed by atoms with E-state index in [1.54, 1.807) is 25.3 Å². The first-order chi connectivity index (χ1) is 19.5. The minimum absolute atomic E-state index is 0. The van der Waals surface area contributed by atoms with Gasteiger partial charge in [-0.05, 0) is 61.4 Å². The van der Waals surface area contributed by atoms with Crippen molar-refractivity contribution >= 4 is 51.0 Å². The third-order valence-electron chi connectivity index (χ3n) is 7.04. The summed E-state index contributed by atoms with van der Waals surface area (Å²) in [6.07, 6.45) is 4.16. The molecule has 0 bridgehead atoms. The minimum Gasteiger partial charge on any atom is -0.494 e. The van der Waals surface area contributed by atoms with Gasteiger partial charge in [-0.15, -0.1) is 12.4 Å². The molecule has 3 aromatic carbocycles. The van der Waals surface area contributed by atoms with Gasteiger partial charge in [0, 0.05) is 58.7 Å². The number of halogens is 1. The lowest BCUT2D eigenvalue weighted by molar-refractivity contribution is 0.0954. The molecule has 1 amide bonds. The van der Waals surface area contributed by atoms with Gasteiger partial charge in [0.15, 0.2) is 5.88 Å². The zero-order valence-electron chi connectivity index (χ0n) is 22.7. The number of rotatable bonds is 9. The van der Waals surface area contributed by atoms with Gasteiger partial charge in [-0.25, -0.2) is 9.97 Å². The van der Waals surface area contributed by atoms with Crippen molar-refractivity contribution in [1.29, 1.82) is 0 Å². The fraction of sp³-hybridized carbons (Fsp3) is 0.194. The third kappa shape index (κ3) is 5.54. The van der Waals surface area contributed by atoms with E-state index in [2.05, 4.69) is 50.4 Å². The molecule has 0 atom stereocenters. The molecule has 0 aliphatic carbocycles. The molecule has 3 heterocycles. The van der Waals surface area contributed by atoms with Gasteiger partial charge in [0.25, 0.3) is 5.91 Å². The highest BCUT2D eigenvalue weighted by Gasteiger charge is 2.19. The number of carbonyl (C=O) groups excluding carboxylic acids is 1. The van der Waals surface area contributed by atoms with Crippen LogP contribution in [0.25, 0.3) is 44.0 Å². The summed E-state index contributed by atoms with van der Waals surface area (Å²) < 4.78 is 10.8. The summed E-state index contributed by atoms with van der Waals surface area (Å²) in [6, 6.07) is 17.2. The molecule has 10 heteroatoms. The lowest BCUT2D eigenvalue weighted by Crippen LogP contribution is -2.25. The Morgan fingerprint density at radius 2 is 1.83 bits per heavy atom. The van der Waals surface area contributed by atoms with Crippen LogP contribution in [-0.2, 0) is 11.2 Å². The maximum absolute atomic E-state index is 13.1. The maximum atomic E-state index is 13.1. The number of aryl methyl sites for hydroxylation is 1. The Kier molecular flexibility index (Phi) is 8.09. The molecule has 210 valence electrons. The van der Waals surface area contributed by atoms with Gasteiger partial charge in [-0.1, -0.05) is 11.6 Å². The van der Waals surface area contributed by atoms with Gasteiger partial charge in [-0.3, -0.25) is 4.79 Å². The molecule has 4 N–H and O–H groups in total. The van der Waals surface area contributed by atoms with E-state index in [-0.39, 0.29) is 24.2 Å². The molecule has 0 unspecified atom stereocenters. The van der Waals surface area contributed by atoms with Gasteiger partial charge in [0.1, 0.15) is 18.7 Å². The van der Waals surface area contributed by atoms with E-state index in [0.29, 0.717) is 65.2 Å². The summed E-state index contributed by atoms with van der Waals surface area (Å²) in [4.78, 5) is 28.3. The van der Waals surface area contributed by atoms with Crippen LogP contribution in [0.1, 0.15) is 21.5 Å². The molecule has 0 aliphatic heterocycles. The number of carbonyl (C=O) groups is 1. The van der Waals surface area contributed by atoms with Crippen molar-refractivity contribution in [3.8, 4) is 22.9 Å². The molecular weight excluding hydrogens is 542 g/mol. The summed E-state index contributed by atoms with van der Waals surface area (Å²) in [5, 5.41) is 16.5. The van der Waals surface area contributed by atoms with Crippen LogP contribution in [0.3, 0.4) is 0 Å². The van der Waals surface area contributed by atoms with Crippen LogP contribution in [0.5, 0.6) is 11.6 Å². The van der Waals surface area contributed by atoms with Crippen LogP contribution in [0.2, 0.25) is 0 Å². The molecule has 9 nitrogen and oxygen atoms in total. The van der Waals surface area contributed by atoms with Crippen LogP contribution in [-0.4, -0.2) is 57.8 Å². The van der Waals surface area contributed by atoms with Gasteiger partial charge in [0.2, 0.25) is 0 Å². The van der Waals surface area contributed by atoms with Crippen molar-refractivity contribution in [2.24, 2.45) is 0 Å². The summed E-state index contributed by atoms with van der Waals surface area (Å²) >= 11 is 0. The summed E-state index contributed by atoms with van der Waals surface area (Å²) in [6.45, 7) is 3.47. The second-order valence-corrected chi connectivity index (χ2v) is 9.72. The lowest BCUT2D eigenvalue weighted by atomic mass is 10.0. The highest BCUT2D eigenvalue weighted by molar-refractivity contribution is 6.07. The van der Waals surface area contributed by atoms with Crippen molar-refractivity contribution < 1.29 is 19.4 Å². The number of ether oxygens (including phenoxy) is 2. The largest absolute Gasteiger partial charge is 0.494 e. The smallest absolute Gasteiger partial charge is 0.251 e. The molecule has 0 aliphatic rings. The van der Waals surface area contributed by atoms with Crippen molar-refractivity contribution in [3.05, 3.63) is 83.8 Å². The first kappa shape index (κ1) is 27.9. The molecule has 0 saturated heterocycles. The Hall–Kier alpha value is -4.60. The molecule has 0 spiro atoms. The Morgan fingerprint density at radius 1 is 0.976 bits per heavy atom. The Balaban J connectivity index is 0.00000337. The quantitative estimate of drug-likeness (QED) is 0.165. The number of hydrogen-bond donors (Lipinski definition) is 4. The number of hydrogen-bond acceptors (Lipinski definition) is 6. The van der Waals surface area contributed by atoms with Crippen molar-refractivity contribution in [2.75, 3.05) is 26.9 Å². The number of benzene rings is 3. The molecule has 41 heavy (non-hydrogen) atoms. The van der Waals surface area contributed by atoms with E-state index in [1.165, 1.54) is 17.3 Å². The Morgan fingerprint density at radius 3 is 2.68 bits per heavy atom. The van der Waals surface area contributed by atoms with E-state index in [9.17, 15) is 9.90 Å². The predicted molar refractivity (Wildman–Crippen MR) is 162 cm³/mol. The van der Waals surface area contributed by atoms with Crippen molar-refractivity contribution in [2.45, 2.75) is 13.3 Å². The number of aromatic nitrogens is 4. The molecule has 6 rings (SSSR count). The number of amides is 1. The number of methoxy groups -OCH3 is 1. The molecule has 0 fully saturated rings.